The van der Waals surface area contributed by atoms with Gasteiger partial charge in [0.2, 0.25) is 0 Å². The molecule has 0 aromatic carbocycles. The van der Waals surface area contributed by atoms with Crippen LogP contribution in [0.5, 0.6) is 0 Å². The smallest absolute Gasteiger partial charge is 0.306 e. The van der Waals surface area contributed by atoms with Gasteiger partial charge in [0.1, 0.15) is 19.3 Å². The number of allylic oxidation sites excluding steroid dienone is 4. The van der Waals surface area contributed by atoms with Crippen LogP contribution in [0.15, 0.2) is 24.3 Å². The van der Waals surface area contributed by atoms with Gasteiger partial charge in [0.05, 0.1) is 34.4 Å². The third-order valence-electron chi connectivity index (χ3n) is 11.0. The monoisotopic (exact) mass is 856 g/mol. The Hall–Kier alpha value is -1.02. The van der Waals surface area contributed by atoms with E-state index < -0.39 is 13.9 Å². The number of carbonyl (C=O) groups excluding carboxylic acids is 1. The van der Waals surface area contributed by atoms with Gasteiger partial charge >= 0.3 is 5.97 Å². The first-order chi connectivity index (χ1) is 28.6. The second-order valence-electron chi connectivity index (χ2n) is 18.2. The Kier molecular flexibility index (Phi) is 42.9. The summed E-state index contributed by atoms with van der Waals surface area (Å²) in [6.45, 7) is 5.43. The number of phosphoric ester groups is 1. The maximum absolute atomic E-state index is 12.7. The fourth-order valence-corrected chi connectivity index (χ4v) is 7.84. The third-order valence-corrected chi connectivity index (χ3v) is 12.0. The number of rotatable bonds is 47. The van der Waals surface area contributed by atoms with Crippen molar-refractivity contribution in [1.82, 2.24) is 0 Å². The topological polar surface area (TPSA) is 94.1 Å². The molecule has 0 saturated heterocycles. The van der Waals surface area contributed by atoms with E-state index in [9.17, 15) is 14.3 Å². The highest BCUT2D eigenvalue weighted by molar-refractivity contribution is 7.45. The molecular weight excluding hydrogens is 758 g/mol. The zero-order valence-corrected chi connectivity index (χ0v) is 40.6. The molecule has 0 aliphatic rings. The van der Waals surface area contributed by atoms with E-state index in [0.717, 1.165) is 38.5 Å². The standard InChI is InChI=1S/C50H98NO7P/c1-6-8-10-12-14-16-18-20-22-24-25-26-28-30-32-34-36-38-40-42-45-55-47-49(48-57-59(53,54)56-46-44-51(3,4)5)58-50(52)43-41-39-37-35-33-31-29-27-23-21-19-17-15-13-11-9-7-2/h14,16,20,22,49H,6-13,15,17-19,21,23-48H2,1-5H3/b16-14-,22-20-. The second kappa shape index (κ2) is 43.6. The van der Waals surface area contributed by atoms with E-state index >= 15 is 0 Å². The average molecular weight is 856 g/mol. The molecule has 0 amide bonds. The Morgan fingerprint density at radius 1 is 0.525 bits per heavy atom. The van der Waals surface area contributed by atoms with Crippen molar-refractivity contribution in [2.45, 2.75) is 238 Å². The van der Waals surface area contributed by atoms with Gasteiger partial charge in [-0.15, -0.1) is 0 Å². The van der Waals surface area contributed by atoms with Crippen LogP contribution in [0.3, 0.4) is 0 Å². The van der Waals surface area contributed by atoms with Crippen LogP contribution in [-0.2, 0) is 27.9 Å². The lowest BCUT2D eigenvalue weighted by atomic mass is 10.0. The molecule has 0 N–H and O–H groups in total. The molecule has 0 heterocycles. The summed E-state index contributed by atoms with van der Waals surface area (Å²) >= 11 is 0. The summed E-state index contributed by atoms with van der Waals surface area (Å²) in [6, 6.07) is 0. The first kappa shape index (κ1) is 58.0. The fourth-order valence-electron chi connectivity index (χ4n) is 7.11. The van der Waals surface area contributed by atoms with E-state index in [1.165, 1.54) is 173 Å². The quantitative estimate of drug-likeness (QED) is 0.0198. The molecule has 0 aliphatic heterocycles. The summed E-state index contributed by atoms with van der Waals surface area (Å²) < 4.78 is 34.7. The highest BCUT2D eigenvalue weighted by atomic mass is 31.2. The summed E-state index contributed by atoms with van der Waals surface area (Å²) in [5.41, 5.74) is 0. The molecule has 0 rings (SSSR count). The summed E-state index contributed by atoms with van der Waals surface area (Å²) in [5, 5.41) is 0. The maximum atomic E-state index is 12.7. The van der Waals surface area contributed by atoms with Crippen LogP contribution < -0.4 is 4.89 Å². The number of phosphoric acid groups is 1. The zero-order chi connectivity index (χ0) is 43.4. The third kappa shape index (κ3) is 47.9. The first-order valence-corrected chi connectivity index (χ1v) is 26.5. The predicted octanol–water partition coefficient (Wildman–Crippen LogP) is 14.5. The molecule has 9 heteroatoms. The maximum Gasteiger partial charge on any atom is 0.306 e. The minimum Gasteiger partial charge on any atom is -0.756 e. The van der Waals surface area contributed by atoms with Crippen LogP contribution in [0.1, 0.15) is 232 Å². The van der Waals surface area contributed by atoms with Gasteiger partial charge < -0.3 is 27.9 Å². The number of carbonyl (C=O) groups is 1. The van der Waals surface area contributed by atoms with E-state index in [-0.39, 0.29) is 25.8 Å². The van der Waals surface area contributed by atoms with Crippen molar-refractivity contribution in [3.8, 4) is 0 Å². The average Bonchev–Trinajstić information content (AvgIpc) is 3.19. The van der Waals surface area contributed by atoms with Gasteiger partial charge in [-0.1, -0.05) is 205 Å². The molecule has 350 valence electrons. The van der Waals surface area contributed by atoms with Crippen molar-refractivity contribution in [2.75, 3.05) is 54.1 Å². The van der Waals surface area contributed by atoms with E-state index in [2.05, 4.69) is 38.2 Å². The molecule has 2 atom stereocenters. The molecule has 0 fully saturated rings. The van der Waals surface area contributed by atoms with Crippen LogP contribution in [0.2, 0.25) is 0 Å². The molecule has 59 heavy (non-hydrogen) atoms. The Bertz CT molecular complexity index is 998. The van der Waals surface area contributed by atoms with E-state index in [4.69, 9.17) is 18.5 Å². The van der Waals surface area contributed by atoms with Crippen LogP contribution in [-0.4, -0.2) is 70.7 Å². The number of hydrogen-bond donors (Lipinski definition) is 0. The van der Waals surface area contributed by atoms with Crippen LogP contribution >= 0.6 is 7.82 Å². The van der Waals surface area contributed by atoms with Gasteiger partial charge in [0.15, 0.2) is 0 Å². The number of nitrogens with zero attached hydrogens (tertiary/aromatic N) is 1. The highest BCUT2D eigenvalue weighted by Gasteiger charge is 2.20. The summed E-state index contributed by atoms with van der Waals surface area (Å²) in [5.74, 6) is -0.330. The van der Waals surface area contributed by atoms with E-state index in [1.54, 1.807) is 0 Å². The molecule has 0 aromatic heterocycles. The lowest BCUT2D eigenvalue weighted by molar-refractivity contribution is -0.870. The number of ether oxygens (including phenoxy) is 2. The minimum absolute atomic E-state index is 0.0279. The number of quaternary nitrogens is 1. The van der Waals surface area contributed by atoms with Gasteiger partial charge in [-0.3, -0.25) is 9.36 Å². The molecule has 0 aliphatic carbocycles. The Balaban J connectivity index is 4.13. The van der Waals surface area contributed by atoms with Crippen molar-refractivity contribution >= 4 is 13.8 Å². The molecule has 0 saturated carbocycles. The summed E-state index contributed by atoms with van der Waals surface area (Å²) in [6.07, 6.45) is 50.5. The molecule has 0 radical (unpaired) electrons. The largest absolute Gasteiger partial charge is 0.756 e. The fraction of sp³-hybridized carbons (Fsp3) is 0.900. The Morgan fingerprint density at radius 2 is 0.932 bits per heavy atom. The van der Waals surface area contributed by atoms with Crippen molar-refractivity contribution in [2.24, 2.45) is 0 Å². The van der Waals surface area contributed by atoms with Crippen LogP contribution in [0, 0.1) is 0 Å². The predicted molar refractivity (Wildman–Crippen MR) is 250 cm³/mol. The number of hydrogen-bond acceptors (Lipinski definition) is 7. The number of esters is 1. The lowest BCUT2D eigenvalue weighted by Gasteiger charge is -2.28. The Morgan fingerprint density at radius 3 is 1.41 bits per heavy atom. The SMILES string of the molecule is CCCCC/C=C\C/C=C\CCCCCCCCCCCCOCC(COP(=O)([O-])OCC[N+](C)(C)C)OC(=O)CCCCCCCCCCCCCCCCCCC. The van der Waals surface area contributed by atoms with Gasteiger partial charge in [-0.25, -0.2) is 0 Å². The number of unbranched alkanes of at least 4 members (excludes halogenated alkanes) is 29. The van der Waals surface area contributed by atoms with E-state index in [1.807, 2.05) is 21.1 Å². The molecule has 0 bridgehead atoms. The van der Waals surface area contributed by atoms with Crippen molar-refractivity contribution < 1.29 is 37.3 Å². The number of likely N-dealkylation sites (N-methyl/N-ethyl adjacent to an activating group) is 1. The Labute approximate surface area is 366 Å². The summed E-state index contributed by atoms with van der Waals surface area (Å²) in [4.78, 5) is 25.1. The highest BCUT2D eigenvalue weighted by Crippen LogP contribution is 2.38. The minimum atomic E-state index is -4.53. The summed E-state index contributed by atoms with van der Waals surface area (Å²) in [7, 11) is 1.37. The molecule has 0 spiro atoms. The van der Waals surface area contributed by atoms with Crippen molar-refractivity contribution in [3.63, 3.8) is 0 Å². The molecule has 2 unspecified atom stereocenters. The first-order valence-electron chi connectivity index (χ1n) is 25.1. The van der Waals surface area contributed by atoms with Crippen LogP contribution in [0.25, 0.3) is 0 Å². The van der Waals surface area contributed by atoms with Gasteiger partial charge in [-0.2, -0.15) is 0 Å². The molecule has 0 aromatic rings. The second-order valence-corrected chi connectivity index (χ2v) is 19.6. The van der Waals surface area contributed by atoms with Gasteiger partial charge in [-0.05, 0) is 44.9 Å². The molecule has 8 nitrogen and oxygen atoms in total. The van der Waals surface area contributed by atoms with Crippen LogP contribution in [0.4, 0.5) is 0 Å². The molecular formula is C50H98NO7P. The van der Waals surface area contributed by atoms with Gasteiger partial charge in [0.25, 0.3) is 7.82 Å². The van der Waals surface area contributed by atoms with Crippen molar-refractivity contribution in [3.05, 3.63) is 24.3 Å². The zero-order valence-electron chi connectivity index (χ0n) is 39.7. The van der Waals surface area contributed by atoms with Crippen molar-refractivity contribution in [1.29, 1.82) is 0 Å². The normalized spacial score (nSPS) is 13.8. The van der Waals surface area contributed by atoms with E-state index in [0.29, 0.717) is 24.1 Å². The van der Waals surface area contributed by atoms with Gasteiger partial charge in [0, 0.05) is 13.0 Å². The lowest BCUT2D eigenvalue weighted by Crippen LogP contribution is -2.37.